The van der Waals surface area contributed by atoms with Gasteiger partial charge in [0.1, 0.15) is 0 Å². The van der Waals surface area contributed by atoms with E-state index in [0.29, 0.717) is 0 Å². The van der Waals surface area contributed by atoms with E-state index < -0.39 is 5.09 Å². The van der Waals surface area contributed by atoms with Crippen LogP contribution in [0.2, 0.25) is 0 Å². The molecule has 1 N–H and O–H groups in total. The quantitative estimate of drug-likeness (QED) is 0.282. The van der Waals surface area contributed by atoms with Gasteiger partial charge in [-0.15, -0.1) is 10.1 Å². The molecule has 0 saturated carbocycles. The molecule has 0 aliphatic carbocycles. The number of nitrogens with zero attached hydrogens (tertiary/aromatic N) is 1. The fourth-order valence-corrected chi connectivity index (χ4v) is 0. The van der Waals surface area contributed by atoms with Gasteiger partial charge in [0.05, 0.1) is 0 Å². The molecule has 0 aromatic rings. The first-order valence-corrected chi connectivity index (χ1v) is 0.565. The first-order valence-electron chi connectivity index (χ1n) is 0.565. The van der Waals surface area contributed by atoms with E-state index >= 15 is 0 Å². The van der Waals surface area contributed by atoms with Gasteiger partial charge in [0.25, 0.3) is 5.09 Å². The Morgan fingerprint density at radius 3 is 1.43 bits per heavy atom. The van der Waals surface area contributed by atoms with Crippen molar-refractivity contribution in [1.82, 2.24) is 0 Å². The average Bonchev–Trinajstić information content (AvgIpc) is 0.811. The van der Waals surface area contributed by atoms with Crippen LogP contribution >= 0.6 is 0 Å². The summed E-state index contributed by atoms with van der Waals surface area (Å²) in [6.45, 7) is 0. The Kier molecular flexibility index (Phi) is 75.4. The van der Waals surface area contributed by atoms with Crippen LogP contribution in [0.25, 0.3) is 0 Å². The van der Waals surface area contributed by atoms with E-state index in [-0.39, 0.29) is 28.0 Å². The molecule has 0 rings (SSSR count). The van der Waals surface area contributed by atoms with Crippen LogP contribution in [0.1, 0.15) is 0 Å². The van der Waals surface area contributed by atoms with Crippen LogP contribution in [0.5, 0.6) is 0 Å². The maximum Gasteiger partial charge on any atom is 4.00 e. The molecule has 0 aromatic heterocycles. The molecule has 6 nitrogen and oxygen atoms in total. The van der Waals surface area contributed by atoms with Crippen LogP contribution in [-0.4, -0.2) is 10.3 Å². The van der Waals surface area contributed by atoms with Crippen molar-refractivity contribution in [2.24, 2.45) is 0 Å². The molecule has 7 heavy (non-hydrogen) atoms. The zero-order valence-corrected chi connectivity index (χ0v) is 4.09. The number of hydrogen-bond acceptors (Lipinski definition) is 2. The summed E-state index contributed by atoms with van der Waals surface area (Å²) in [6.07, 6.45) is 0. The van der Waals surface area contributed by atoms with E-state index in [9.17, 15) is 0 Å². The molecule has 0 saturated heterocycles. The van der Waals surface area contributed by atoms with Gasteiger partial charge in [-0.2, -0.15) is 0 Å². The van der Waals surface area contributed by atoms with Crippen molar-refractivity contribution in [3.8, 4) is 0 Å². The number of rotatable bonds is 0. The molecule has 0 unspecified atom stereocenters. The Bertz CT molecular complexity index is 31.1. The molecule has 1 radical (unpaired) electrons. The van der Waals surface area contributed by atoms with E-state index in [1.807, 2.05) is 0 Å². The first kappa shape index (κ1) is 30.3. The summed E-state index contributed by atoms with van der Waals surface area (Å²) in [5, 5.41) is 13.6. The second-order valence-electron chi connectivity index (χ2n) is 0.238. The Morgan fingerprint density at radius 1 is 1.43 bits per heavy atom. The molecule has 0 spiro atoms. The standard InChI is InChI=1S/Mn.HNO3.2O/c;2-1(3)4;;/h;(H,2,3,4);;/q+4;;2*-2. The monoisotopic (exact) mass is 150 g/mol. The van der Waals surface area contributed by atoms with Crippen molar-refractivity contribution in [3.05, 3.63) is 10.1 Å². The van der Waals surface area contributed by atoms with Gasteiger partial charge in [-0.3, -0.25) is 0 Å². The van der Waals surface area contributed by atoms with Gasteiger partial charge in [0, 0.05) is 0 Å². The predicted octanol–water partition coefficient (Wildman–Crippen LogP) is -0.588. The third kappa shape index (κ3) is 575. The molecule has 0 atom stereocenters. The molecule has 0 aliphatic heterocycles. The largest absolute Gasteiger partial charge is 4.00 e. The van der Waals surface area contributed by atoms with Gasteiger partial charge in [-0.1, -0.05) is 0 Å². The first-order chi connectivity index (χ1) is 1.73. The van der Waals surface area contributed by atoms with Crippen LogP contribution in [0.4, 0.5) is 0 Å². The summed E-state index contributed by atoms with van der Waals surface area (Å²) in [6, 6.07) is 0. The fourth-order valence-electron chi connectivity index (χ4n) is 0. The van der Waals surface area contributed by atoms with Crippen molar-refractivity contribution >= 4 is 0 Å². The van der Waals surface area contributed by atoms with E-state index in [1.165, 1.54) is 0 Å². The molecule has 7 heteroatoms. The maximum absolute atomic E-state index is 8.36. The van der Waals surface area contributed by atoms with Gasteiger partial charge in [-0.05, 0) is 0 Å². The van der Waals surface area contributed by atoms with Gasteiger partial charge in [0.2, 0.25) is 0 Å². The zero-order chi connectivity index (χ0) is 3.58. The van der Waals surface area contributed by atoms with E-state index in [1.54, 1.807) is 0 Å². The van der Waals surface area contributed by atoms with Crippen molar-refractivity contribution in [1.29, 1.82) is 0 Å². The Balaban J connectivity index is -0.0000000150. The third-order valence-corrected chi connectivity index (χ3v) is 0. The summed E-state index contributed by atoms with van der Waals surface area (Å²) in [5.74, 6) is 0. The van der Waals surface area contributed by atoms with Crippen molar-refractivity contribution in [2.75, 3.05) is 0 Å². The van der Waals surface area contributed by atoms with Gasteiger partial charge in [0.15, 0.2) is 0 Å². The van der Waals surface area contributed by atoms with Crippen LogP contribution in [0.3, 0.4) is 0 Å². The molecule has 0 heterocycles. The SMILES string of the molecule is O=[N+]([O-])O.[Mn+4].[O-2].[O-2]. The molecular weight excluding hydrogens is 149 g/mol. The van der Waals surface area contributed by atoms with Crippen molar-refractivity contribution in [2.45, 2.75) is 0 Å². The Hall–Kier alpha value is -0.361. The molecule has 0 amide bonds. The fraction of sp³-hybridized carbons (Fsp3) is 0. The summed E-state index contributed by atoms with van der Waals surface area (Å²) >= 11 is 0. The average molecular weight is 150 g/mol. The van der Waals surface area contributed by atoms with E-state index in [0.717, 1.165) is 0 Å². The molecule has 43 valence electrons. The van der Waals surface area contributed by atoms with E-state index in [4.69, 9.17) is 15.3 Å². The molecule has 0 aromatic carbocycles. The van der Waals surface area contributed by atoms with Crippen LogP contribution in [-0.2, 0) is 28.0 Å². The summed E-state index contributed by atoms with van der Waals surface area (Å²) in [5.41, 5.74) is 0. The minimum atomic E-state index is -1.50. The summed E-state index contributed by atoms with van der Waals surface area (Å²) in [4.78, 5) is 8.36. The Labute approximate surface area is 49.3 Å². The minimum absolute atomic E-state index is 0. The summed E-state index contributed by atoms with van der Waals surface area (Å²) < 4.78 is 0. The van der Waals surface area contributed by atoms with Crippen LogP contribution in [0.15, 0.2) is 0 Å². The molecular formula is HMnNO5. The van der Waals surface area contributed by atoms with Crippen LogP contribution < -0.4 is 0 Å². The van der Waals surface area contributed by atoms with Gasteiger partial charge >= 0.3 is 17.1 Å². The number of hydrogen-bond donors (Lipinski definition) is 1. The molecule has 0 bridgehead atoms. The maximum atomic E-state index is 8.36. The van der Waals surface area contributed by atoms with Gasteiger partial charge < -0.3 is 16.2 Å². The molecule has 0 fully saturated rings. The zero-order valence-electron chi connectivity index (χ0n) is 2.91. The second kappa shape index (κ2) is 17.4. The normalized spacial score (nSPS) is 3.43. The summed E-state index contributed by atoms with van der Waals surface area (Å²) in [7, 11) is 0. The predicted molar refractivity (Wildman–Crippen MR) is 10.2 cm³/mol. The smallest absolute Gasteiger partial charge is 2.00 e. The third-order valence-electron chi connectivity index (χ3n) is 0. The molecule has 0 aliphatic rings. The van der Waals surface area contributed by atoms with E-state index in [2.05, 4.69) is 0 Å². The Morgan fingerprint density at radius 2 is 1.43 bits per heavy atom. The minimum Gasteiger partial charge on any atom is -2.00 e. The topological polar surface area (TPSA) is 120 Å². The van der Waals surface area contributed by atoms with Crippen molar-refractivity contribution in [3.63, 3.8) is 0 Å². The van der Waals surface area contributed by atoms with Crippen LogP contribution in [0, 0.1) is 10.1 Å². The van der Waals surface area contributed by atoms with Gasteiger partial charge in [-0.25, -0.2) is 0 Å². The van der Waals surface area contributed by atoms with Crippen molar-refractivity contribution < 1.29 is 38.3 Å². The second-order valence-corrected chi connectivity index (χ2v) is 0.238.